The van der Waals surface area contributed by atoms with E-state index in [1.165, 1.54) is 17.2 Å². The van der Waals surface area contributed by atoms with Gasteiger partial charge in [-0.2, -0.15) is 0 Å². The minimum atomic E-state index is -2.07. The number of phenolic OH excluding ortho intramolecular Hbond substituents is 1. The van der Waals surface area contributed by atoms with Crippen LogP contribution in [0, 0.1) is 18.6 Å². The highest BCUT2D eigenvalue weighted by Gasteiger charge is 2.46. The predicted octanol–water partition coefficient (Wildman–Crippen LogP) is 4.41. The van der Waals surface area contributed by atoms with Crippen LogP contribution in [0.5, 0.6) is 5.75 Å². The van der Waals surface area contributed by atoms with Crippen LogP contribution in [-0.4, -0.2) is 53.8 Å². The van der Waals surface area contributed by atoms with Gasteiger partial charge in [0.2, 0.25) is 5.91 Å². The Kier molecular flexibility index (Phi) is 7.22. The lowest BCUT2D eigenvalue weighted by atomic mass is 9.95. The van der Waals surface area contributed by atoms with Gasteiger partial charge in [-0.3, -0.25) is 28.5 Å². The van der Waals surface area contributed by atoms with Crippen molar-refractivity contribution in [2.24, 2.45) is 0 Å². The first-order valence-electron chi connectivity index (χ1n) is 12.9. The predicted molar refractivity (Wildman–Crippen MR) is 151 cm³/mol. The van der Waals surface area contributed by atoms with E-state index in [9.17, 15) is 28.3 Å². The minimum Gasteiger partial charge on any atom is -0.507 e. The number of likely N-dealkylation sites (tertiary alicyclic amines) is 1. The third kappa shape index (κ3) is 4.65. The first-order chi connectivity index (χ1) is 19.8. The Balaban J connectivity index is 1.86. The summed E-state index contributed by atoms with van der Waals surface area (Å²) < 4.78 is 46.8. The molecule has 3 aromatic heterocycles. The zero-order valence-corrected chi connectivity index (χ0v) is 23.5. The number of hydrogen-bond acceptors (Lipinski definition) is 6. The van der Waals surface area contributed by atoms with Crippen molar-refractivity contribution in [3.05, 3.63) is 91.7 Å². The fraction of sp³-hybridized carbons (Fsp3) is 0.276. The Hall–Kier alpha value is -4.45. The molecule has 9 nitrogen and oxygen atoms in total. The summed E-state index contributed by atoms with van der Waals surface area (Å²) in [5, 5.41) is 10.1. The van der Waals surface area contributed by atoms with Crippen LogP contribution in [0.1, 0.15) is 31.0 Å². The normalized spacial score (nSPS) is 14.3. The molecule has 1 saturated heterocycles. The molecule has 0 radical (unpaired) electrons. The maximum atomic E-state index is 15.7. The second-order valence-electron chi connectivity index (χ2n) is 10.5. The number of nitrogens with zero attached hydrogens (tertiary/aromatic N) is 5. The summed E-state index contributed by atoms with van der Waals surface area (Å²) in [7, 11) is 0. The van der Waals surface area contributed by atoms with E-state index in [1.807, 2.05) is 13.8 Å². The fourth-order valence-electron chi connectivity index (χ4n) is 5.15. The van der Waals surface area contributed by atoms with Gasteiger partial charge in [0.05, 0.1) is 52.8 Å². The number of alkyl halides is 1. The Labute approximate surface area is 242 Å². The topological polar surface area (TPSA) is 110 Å². The van der Waals surface area contributed by atoms with Crippen molar-refractivity contribution in [3.8, 4) is 22.7 Å². The molecule has 0 atom stereocenters. The summed E-state index contributed by atoms with van der Waals surface area (Å²) in [5.41, 5.74) is -4.45. The Morgan fingerprint density at radius 2 is 1.90 bits per heavy atom. The number of aromatic nitrogens is 4. The van der Waals surface area contributed by atoms with E-state index in [1.54, 1.807) is 13.0 Å². The molecule has 1 N–H and O–H groups in total. The van der Waals surface area contributed by atoms with Crippen molar-refractivity contribution in [2.45, 2.75) is 38.9 Å². The average molecular weight is 600 g/mol. The van der Waals surface area contributed by atoms with Crippen LogP contribution >= 0.6 is 11.6 Å². The van der Waals surface area contributed by atoms with Crippen LogP contribution in [0.4, 0.5) is 13.2 Å². The summed E-state index contributed by atoms with van der Waals surface area (Å²) in [6.07, 6.45) is 2.58. The van der Waals surface area contributed by atoms with Crippen LogP contribution in [-0.2, 0) is 11.3 Å². The van der Waals surface area contributed by atoms with E-state index in [-0.39, 0.29) is 40.9 Å². The van der Waals surface area contributed by atoms with E-state index in [0.717, 1.165) is 27.3 Å². The third-order valence-electron chi connectivity index (χ3n) is 7.18. The lowest BCUT2D eigenvalue weighted by Crippen LogP contribution is -2.63. The largest absolute Gasteiger partial charge is 0.507 e. The average Bonchev–Trinajstić information content (AvgIpc) is 2.93. The van der Waals surface area contributed by atoms with E-state index >= 15 is 4.39 Å². The van der Waals surface area contributed by atoms with Gasteiger partial charge in [0.1, 0.15) is 5.75 Å². The molecule has 42 heavy (non-hydrogen) atoms. The van der Waals surface area contributed by atoms with Crippen LogP contribution in [0.25, 0.3) is 28.1 Å². The van der Waals surface area contributed by atoms with Gasteiger partial charge in [-0.05, 0) is 48.7 Å². The highest BCUT2D eigenvalue weighted by Crippen LogP contribution is 2.38. The Morgan fingerprint density at radius 1 is 1.21 bits per heavy atom. The number of halogens is 4. The molecule has 1 fully saturated rings. The highest BCUT2D eigenvalue weighted by atomic mass is 35.5. The van der Waals surface area contributed by atoms with Crippen molar-refractivity contribution in [3.63, 3.8) is 0 Å². The van der Waals surface area contributed by atoms with Crippen LogP contribution in [0.2, 0.25) is 5.02 Å². The van der Waals surface area contributed by atoms with Gasteiger partial charge < -0.3 is 10.0 Å². The van der Waals surface area contributed by atoms with Crippen molar-refractivity contribution in [1.82, 2.24) is 24.0 Å². The summed E-state index contributed by atoms with van der Waals surface area (Å²) >= 11 is 6.48. The number of hydrogen-bond donors (Lipinski definition) is 1. The lowest BCUT2D eigenvalue weighted by Gasteiger charge is -2.44. The molecule has 0 aliphatic carbocycles. The fourth-order valence-corrected chi connectivity index (χ4v) is 5.39. The maximum absolute atomic E-state index is 15.7. The van der Waals surface area contributed by atoms with E-state index in [4.69, 9.17) is 11.6 Å². The van der Waals surface area contributed by atoms with Crippen molar-refractivity contribution in [2.75, 3.05) is 13.1 Å². The van der Waals surface area contributed by atoms with Crippen molar-refractivity contribution in [1.29, 1.82) is 0 Å². The highest BCUT2D eigenvalue weighted by molar-refractivity contribution is 6.33. The molecule has 0 saturated carbocycles. The van der Waals surface area contributed by atoms with Crippen molar-refractivity contribution < 1.29 is 23.1 Å². The minimum absolute atomic E-state index is 0.0897. The van der Waals surface area contributed by atoms with Gasteiger partial charge in [-0.15, -0.1) is 0 Å². The van der Waals surface area contributed by atoms with Gasteiger partial charge in [0.25, 0.3) is 0 Å². The zero-order chi connectivity index (χ0) is 30.7. The van der Waals surface area contributed by atoms with Crippen LogP contribution < -0.4 is 11.1 Å². The second-order valence-corrected chi connectivity index (χ2v) is 10.9. The number of rotatable bonds is 6. The van der Waals surface area contributed by atoms with Gasteiger partial charge in [-0.1, -0.05) is 32.0 Å². The monoisotopic (exact) mass is 599 g/mol. The van der Waals surface area contributed by atoms with Crippen LogP contribution in [0.3, 0.4) is 0 Å². The lowest BCUT2D eigenvalue weighted by molar-refractivity contribution is -0.141. The number of phenols is 1. The van der Waals surface area contributed by atoms with Crippen LogP contribution in [0.15, 0.2) is 52.7 Å². The SMILES string of the molecule is C=CC(=O)N1CC(F)(Cn2c(=O)c(=O)n(-c3c(C)ccnc3C(C)C)c3nc(-c4c(O)ccc(F)c4F)c(Cl)cc32)C1. The molecule has 218 valence electrons. The first-order valence-corrected chi connectivity index (χ1v) is 13.3. The maximum Gasteiger partial charge on any atom is 0.322 e. The number of carbonyl (C=O) groups excluding carboxylic acids is 1. The first kappa shape index (κ1) is 29.1. The molecule has 5 rings (SSSR count). The van der Waals surface area contributed by atoms with Gasteiger partial charge in [-0.25, -0.2) is 18.2 Å². The van der Waals surface area contributed by atoms with Gasteiger partial charge in [0.15, 0.2) is 23.0 Å². The molecule has 0 bridgehead atoms. The molecule has 0 unspecified atom stereocenters. The van der Waals surface area contributed by atoms with E-state index < -0.39 is 57.9 Å². The quantitative estimate of drug-likeness (QED) is 0.260. The number of fused-ring (bicyclic) bond motifs is 1. The number of carbonyl (C=O) groups is 1. The number of amides is 1. The standard InChI is InChI=1S/C29H25ClF3N5O4/c1-5-20(40)36-11-29(33,12-36)13-37-18-10-16(30)24(21-19(39)7-6-17(31)22(21)32)35-26(18)38(28(42)27(37)41)25-15(4)8-9-34-23(25)14(2)3/h5-10,14,39H,1,11-13H2,2-4H3. The number of benzene rings is 1. The summed E-state index contributed by atoms with van der Waals surface area (Å²) in [5.74, 6) is -4.10. The van der Waals surface area contributed by atoms with Crippen molar-refractivity contribution >= 4 is 28.7 Å². The molecule has 1 aromatic carbocycles. The molecular formula is C29H25ClF3N5O4. The molecular weight excluding hydrogens is 575 g/mol. The number of aryl methyl sites for hydroxylation is 1. The zero-order valence-electron chi connectivity index (χ0n) is 22.8. The Bertz CT molecular complexity index is 1910. The number of aromatic hydroxyl groups is 1. The van der Waals surface area contributed by atoms with E-state index in [0.29, 0.717) is 11.3 Å². The molecule has 1 aliphatic rings. The molecule has 13 heteroatoms. The van der Waals surface area contributed by atoms with E-state index in [2.05, 4.69) is 16.5 Å². The number of pyridine rings is 2. The summed E-state index contributed by atoms with van der Waals surface area (Å²) in [6, 6.07) is 4.45. The molecule has 4 heterocycles. The third-order valence-corrected chi connectivity index (χ3v) is 7.47. The summed E-state index contributed by atoms with van der Waals surface area (Å²) in [4.78, 5) is 49.3. The Morgan fingerprint density at radius 3 is 2.55 bits per heavy atom. The molecule has 1 aliphatic heterocycles. The summed E-state index contributed by atoms with van der Waals surface area (Å²) in [6.45, 7) is 7.40. The van der Waals surface area contributed by atoms with Gasteiger partial charge in [0, 0.05) is 6.20 Å². The second kappa shape index (κ2) is 10.4. The molecule has 1 amide bonds. The smallest absolute Gasteiger partial charge is 0.322 e. The molecule has 0 spiro atoms. The van der Waals surface area contributed by atoms with Gasteiger partial charge >= 0.3 is 11.1 Å². The molecule has 4 aromatic rings.